The Morgan fingerprint density at radius 1 is 1.33 bits per heavy atom. The molecule has 3 N–H and O–H groups in total. The van der Waals surface area contributed by atoms with Crippen LogP contribution in [-0.4, -0.2) is 34.0 Å². The van der Waals surface area contributed by atoms with Crippen LogP contribution < -0.4 is 10.9 Å². The number of thioether (sulfide) groups is 1. The minimum absolute atomic E-state index is 0.0891. The number of hydrazine groups is 1. The molecular formula is C14H17N5OS. The van der Waals surface area contributed by atoms with Gasteiger partial charge in [0, 0.05) is 13.0 Å². The van der Waals surface area contributed by atoms with E-state index < -0.39 is 0 Å². The Kier molecular flexibility index (Phi) is 4.40. The van der Waals surface area contributed by atoms with Crippen LogP contribution in [0, 0.1) is 0 Å². The number of carbonyl (C=O) groups is 1. The summed E-state index contributed by atoms with van der Waals surface area (Å²) in [4.78, 5) is 23.7. The zero-order valence-electron chi connectivity index (χ0n) is 11.6. The second kappa shape index (κ2) is 6.62. The molecule has 2 heterocycles. The molecule has 0 atom stereocenters. The number of fused-ring (bicyclic) bond motifs is 1. The number of rotatable bonds is 3. The van der Waals surface area contributed by atoms with E-state index in [2.05, 4.69) is 25.8 Å². The summed E-state index contributed by atoms with van der Waals surface area (Å²) >= 11 is 1.38. The molecule has 7 heteroatoms. The van der Waals surface area contributed by atoms with Crippen molar-refractivity contribution in [1.29, 1.82) is 0 Å². The summed E-state index contributed by atoms with van der Waals surface area (Å²) in [6.07, 6.45) is 3.15. The molecule has 0 radical (unpaired) electrons. The predicted molar refractivity (Wildman–Crippen MR) is 84.2 cm³/mol. The fourth-order valence-electron chi connectivity index (χ4n) is 2.11. The Hall–Kier alpha value is -2.02. The maximum Gasteiger partial charge on any atom is 0.248 e. The Morgan fingerprint density at radius 3 is 3.05 bits per heavy atom. The number of aromatic nitrogens is 2. The van der Waals surface area contributed by atoms with Crippen LogP contribution in [0.15, 0.2) is 34.4 Å². The van der Waals surface area contributed by atoms with Gasteiger partial charge in [-0.05, 0) is 25.0 Å². The highest BCUT2D eigenvalue weighted by Crippen LogP contribution is 2.18. The molecule has 1 aromatic carbocycles. The summed E-state index contributed by atoms with van der Waals surface area (Å²) in [5, 5.41) is 0.751. The van der Waals surface area contributed by atoms with Gasteiger partial charge in [-0.15, -0.1) is 0 Å². The summed E-state index contributed by atoms with van der Waals surface area (Å²) < 4.78 is 0. The Labute approximate surface area is 126 Å². The lowest BCUT2D eigenvalue weighted by Crippen LogP contribution is -2.43. The van der Waals surface area contributed by atoms with Gasteiger partial charge < -0.3 is 4.98 Å². The van der Waals surface area contributed by atoms with Gasteiger partial charge in [-0.25, -0.2) is 4.98 Å². The number of aromatic amines is 1. The van der Waals surface area contributed by atoms with Crippen molar-refractivity contribution in [2.45, 2.75) is 24.4 Å². The highest BCUT2D eigenvalue weighted by atomic mass is 32.2. The van der Waals surface area contributed by atoms with Crippen molar-refractivity contribution in [2.75, 3.05) is 12.3 Å². The third-order valence-corrected chi connectivity index (χ3v) is 4.05. The van der Waals surface area contributed by atoms with E-state index in [-0.39, 0.29) is 5.91 Å². The Bertz CT molecular complexity index is 633. The predicted octanol–water partition coefficient (Wildman–Crippen LogP) is 1.86. The SMILES string of the molecule is O=C(CSc1nc2ccccc2[nH]1)NNC1=NCCCC1. The zero-order valence-corrected chi connectivity index (χ0v) is 12.4. The van der Waals surface area contributed by atoms with E-state index >= 15 is 0 Å². The van der Waals surface area contributed by atoms with Crippen LogP contribution in [0.1, 0.15) is 19.3 Å². The molecule has 0 aliphatic carbocycles. The smallest absolute Gasteiger partial charge is 0.248 e. The monoisotopic (exact) mass is 303 g/mol. The standard InChI is InChI=1S/C14H17N5OS/c20-13(19-18-12-7-3-4-8-15-12)9-21-14-16-10-5-1-2-6-11(10)17-14/h1-2,5-6H,3-4,7-9H2,(H,15,18)(H,16,17)(H,19,20). The van der Waals surface area contributed by atoms with Gasteiger partial charge in [0.1, 0.15) is 5.84 Å². The molecule has 0 saturated carbocycles. The van der Waals surface area contributed by atoms with E-state index in [0.717, 1.165) is 47.8 Å². The molecule has 1 amide bonds. The first-order valence-electron chi connectivity index (χ1n) is 6.97. The number of benzene rings is 1. The largest absolute Gasteiger partial charge is 0.333 e. The first-order valence-corrected chi connectivity index (χ1v) is 7.95. The average Bonchev–Trinajstić information content (AvgIpc) is 2.95. The fourth-order valence-corrected chi connectivity index (χ4v) is 2.79. The summed E-state index contributed by atoms with van der Waals surface area (Å²) in [7, 11) is 0. The molecule has 1 aliphatic heterocycles. The molecule has 110 valence electrons. The minimum atomic E-state index is -0.0891. The van der Waals surface area contributed by atoms with E-state index in [1.54, 1.807) is 0 Å². The van der Waals surface area contributed by atoms with Crippen LogP contribution in [0.2, 0.25) is 0 Å². The van der Waals surface area contributed by atoms with Crippen molar-refractivity contribution in [2.24, 2.45) is 4.99 Å². The lowest BCUT2D eigenvalue weighted by atomic mass is 10.2. The number of hydrogen-bond acceptors (Lipinski definition) is 5. The second-order valence-corrected chi connectivity index (χ2v) is 5.77. The van der Waals surface area contributed by atoms with Crippen molar-refractivity contribution < 1.29 is 4.79 Å². The molecule has 21 heavy (non-hydrogen) atoms. The maximum atomic E-state index is 11.8. The third kappa shape index (κ3) is 3.75. The average molecular weight is 303 g/mol. The summed E-state index contributed by atoms with van der Waals surface area (Å²) in [5.41, 5.74) is 7.46. The first-order chi connectivity index (χ1) is 10.3. The van der Waals surface area contributed by atoms with Crippen LogP contribution in [0.5, 0.6) is 0 Å². The van der Waals surface area contributed by atoms with Gasteiger partial charge in [-0.3, -0.25) is 20.6 Å². The minimum Gasteiger partial charge on any atom is -0.333 e. The number of amides is 1. The molecule has 0 unspecified atom stereocenters. The van der Waals surface area contributed by atoms with Crippen LogP contribution in [0.4, 0.5) is 0 Å². The van der Waals surface area contributed by atoms with Gasteiger partial charge in [0.15, 0.2) is 5.16 Å². The number of imidazole rings is 1. The molecule has 2 aromatic rings. The molecule has 0 spiro atoms. The second-order valence-electron chi connectivity index (χ2n) is 4.81. The molecule has 6 nitrogen and oxygen atoms in total. The summed E-state index contributed by atoms with van der Waals surface area (Å²) in [6, 6.07) is 7.81. The van der Waals surface area contributed by atoms with Gasteiger partial charge in [0.2, 0.25) is 5.91 Å². The first kappa shape index (κ1) is 13.9. The molecule has 1 aromatic heterocycles. The number of para-hydroxylation sites is 2. The van der Waals surface area contributed by atoms with Crippen LogP contribution >= 0.6 is 11.8 Å². The topological polar surface area (TPSA) is 82.2 Å². The van der Waals surface area contributed by atoms with Crippen molar-refractivity contribution in [3.05, 3.63) is 24.3 Å². The number of amidine groups is 1. The molecular weight excluding hydrogens is 286 g/mol. The molecule has 0 saturated heterocycles. The molecule has 1 aliphatic rings. The van der Waals surface area contributed by atoms with Crippen molar-refractivity contribution >= 4 is 34.5 Å². The Balaban J connectivity index is 1.47. The van der Waals surface area contributed by atoms with Crippen molar-refractivity contribution in [3.63, 3.8) is 0 Å². The lowest BCUT2D eigenvalue weighted by Gasteiger charge is -2.14. The Morgan fingerprint density at radius 2 is 2.24 bits per heavy atom. The van der Waals surface area contributed by atoms with E-state index in [9.17, 15) is 4.79 Å². The number of aliphatic imine (C=N–C) groups is 1. The number of hydrogen-bond donors (Lipinski definition) is 3. The normalized spacial score (nSPS) is 14.8. The van der Waals surface area contributed by atoms with E-state index in [4.69, 9.17) is 0 Å². The van der Waals surface area contributed by atoms with E-state index in [0.29, 0.717) is 5.75 Å². The number of H-pyrrole nitrogens is 1. The van der Waals surface area contributed by atoms with Gasteiger partial charge in [0.25, 0.3) is 0 Å². The van der Waals surface area contributed by atoms with Crippen LogP contribution in [0.25, 0.3) is 11.0 Å². The van der Waals surface area contributed by atoms with E-state index in [1.807, 2.05) is 24.3 Å². The number of nitrogens with one attached hydrogen (secondary N) is 3. The third-order valence-electron chi connectivity index (χ3n) is 3.18. The number of carbonyl (C=O) groups excluding carboxylic acids is 1. The van der Waals surface area contributed by atoms with Gasteiger partial charge in [-0.2, -0.15) is 0 Å². The molecule has 3 rings (SSSR count). The van der Waals surface area contributed by atoms with E-state index in [1.165, 1.54) is 11.8 Å². The van der Waals surface area contributed by atoms with Crippen LogP contribution in [0.3, 0.4) is 0 Å². The van der Waals surface area contributed by atoms with Gasteiger partial charge >= 0.3 is 0 Å². The van der Waals surface area contributed by atoms with Gasteiger partial charge in [-0.1, -0.05) is 23.9 Å². The summed E-state index contributed by atoms with van der Waals surface area (Å²) in [6.45, 7) is 0.839. The van der Waals surface area contributed by atoms with Crippen LogP contribution in [-0.2, 0) is 4.79 Å². The lowest BCUT2D eigenvalue weighted by molar-refractivity contribution is -0.119. The zero-order chi connectivity index (χ0) is 14.5. The molecule has 0 bridgehead atoms. The van der Waals surface area contributed by atoms with Crippen molar-refractivity contribution in [3.8, 4) is 0 Å². The highest BCUT2D eigenvalue weighted by Gasteiger charge is 2.08. The van der Waals surface area contributed by atoms with Gasteiger partial charge in [0.05, 0.1) is 16.8 Å². The number of nitrogens with zero attached hydrogens (tertiary/aromatic N) is 2. The fraction of sp³-hybridized carbons (Fsp3) is 0.357. The highest BCUT2D eigenvalue weighted by molar-refractivity contribution is 7.99. The maximum absolute atomic E-state index is 11.8. The molecule has 0 fully saturated rings. The quantitative estimate of drug-likeness (QED) is 0.597. The van der Waals surface area contributed by atoms with Crippen molar-refractivity contribution in [1.82, 2.24) is 20.8 Å². The summed E-state index contributed by atoms with van der Waals surface area (Å²) in [5.74, 6) is 1.08.